The molecule has 0 bridgehead atoms. The quantitative estimate of drug-likeness (QED) is 0.438. The molecule has 1 amide bonds. The molecule has 180 valence electrons. The van der Waals surface area contributed by atoms with Gasteiger partial charge in [0.1, 0.15) is 23.0 Å². The minimum atomic E-state index is -0.717. The minimum Gasteiger partial charge on any atom is -0.345 e. The minimum absolute atomic E-state index is 0.0273. The molecule has 1 saturated carbocycles. The molecule has 0 unspecified atom stereocenters. The van der Waals surface area contributed by atoms with Gasteiger partial charge in [0.05, 0.1) is 23.5 Å². The molecule has 4 aromatic rings. The number of hydrogen-bond donors (Lipinski definition) is 1. The van der Waals surface area contributed by atoms with Crippen LogP contribution in [0, 0.1) is 31.4 Å². The van der Waals surface area contributed by atoms with Crippen LogP contribution < -0.4 is 10.9 Å². The Labute approximate surface area is 199 Å². The van der Waals surface area contributed by atoms with Crippen LogP contribution >= 0.6 is 0 Å². The van der Waals surface area contributed by atoms with Gasteiger partial charge in [-0.1, -0.05) is 41.0 Å². The van der Waals surface area contributed by atoms with E-state index in [1.165, 1.54) is 28.8 Å². The third-order valence-corrected chi connectivity index (χ3v) is 6.91. The van der Waals surface area contributed by atoms with Crippen molar-refractivity contribution in [3.63, 3.8) is 0 Å². The number of aromatic nitrogens is 3. The summed E-state index contributed by atoms with van der Waals surface area (Å²) < 4.78 is 34.9. The summed E-state index contributed by atoms with van der Waals surface area (Å²) in [4.78, 5) is 27.0. The number of benzene rings is 2. The number of rotatable bonds is 6. The Hall–Kier alpha value is -3.88. The average Bonchev–Trinajstić information content (AvgIpc) is 3.19. The molecule has 35 heavy (non-hydrogen) atoms. The number of halogens is 2. The van der Waals surface area contributed by atoms with Gasteiger partial charge < -0.3 is 9.88 Å². The van der Waals surface area contributed by atoms with Crippen LogP contribution in [0.3, 0.4) is 0 Å². The van der Waals surface area contributed by atoms with Gasteiger partial charge in [-0.05, 0) is 56.4 Å². The number of amides is 1. The maximum atomic E-state index is 14.9. The molecule has 5 rings (SSSR count). The molecule has 7 nitrogen and oxygen atoms in total. The Morgan fingerprint density at radius 2 is 1.94 bits per heavy atom. The molecule has 2 aromatic heterocycles. The van der Waals surface area contributed by atoms with Crippen molar-refractivity contribution in [2.75, 3.05) is 0 Å². The number of nitrogens with zero attached hydrogens (tertiary/aromatic N) is 3. The second kappa shape index (κ2) is 9.05. The lowest BCUT2D eigenvalue weighted by Crippen LogP contribution is -2.38. The van der Waals surface area contributed by atoms with E-state index < -0.39 is 23.3 Å². The normalized spacial score (nSPS) is 14.6. The fourth-order valence-electron chi connectivity index (χ4n) is 4.75. The number of carbonyl (C=O) groups is 1. The van der Waals surface area contributed by atoms with E-state index in [2.05, 4.69) is 15.6 Å². The Kier molecular flexibility index (Phi) is 5.92. The van der Waals surface area contributed by atoms with Crippen molar-refractivity contribution in [2.24, 2.45) is 5.92 Å². The Balaban J connectivity index is 1.63. The molecule has 0 spiro atoms. The first-order chi connectivity index (χ1) is 16.8. The van der Waals surface area contributed by atoms with Crippen LogP contribution in [0.5, 0.6) is 0 Å². The van der Waals surface area contributed by atoms with E-state index in [0.717, 1.165) is 19.3 Å². The van der Waals surface area contributed by atoms with E-state index in [9.17, 15) is 18.4 Å². The molecular weight excluding hydrogens is 454 g/mol. The SMILES string of the molecule is Cc1nonc1Cn1c(C)c(C(=O)N[C@H](c2cccc(F)c2)C2CCC2)c2cccc(F)c2c1=O. The Morgan fingerprint density at radius 1 is 1.17 bits per heavy atom. The Bertz CT molecular complexity index is 1490. The van der Waals surface area contributed by atoms with Crippen molar-refractivity contribution in [3.05, 3.63) is 92.7 Å². The van der Waals surface area contributed by atoms with Crippen LogP contribution in [0.2, 0.25) is 0 Å². The summed E-state index contributed by atoms with van der Waals surface area (Å²) in [5, 5.41) is 10.7. The highest BCUT2D eigenvalue weighted by atomic mass is 19.1. The fraction of sp³-hybridized carbons (Fsp3) is 0.308. The predicted octanol–water partition coefficient (Wildman–Crippen LogP) is 4.60. The summed E-state index contributed by atoms with van der Waals surface area (Å²) in [7, 11) is 0. The van der Waals surface area contributed by atoms with Crippen molar-refractivity contribution >= 4 is 16.7 Å². The van der Waals surface area contributed by atoms with Crippen LogP contribution in [0.25, 0.3) is 10.8 Å². The van der Waals surface area contributed by atoms with Crippen molar-refractivity contribution in [2.45, 2.75) is 45.7 Å². The molecule has 0 aliphatic heterocycles. The van der Waals surface area contributed by atoms with Gasteiger partial charge in [0, 0.05) is 11.1 Å². The first kappa shape index (κ1) is 22.9. The van der Waals surface area contributed by atoms with Gasteiger partial charge in [-0.3, -0.25) is 9.59 Å². The summed E-state index contributed by atoms with van der Waals surface area (Å²) in [5.74, 6) is -1.39. The van der Waals surface area contributed by atoms with Gasteiger partial charge in [-0.15, -0.1) is 0 Å². The van der Waals surface area contributed by atoms with Crippen molar-refractivity contribution in [1.82, 2.24) is 20.2 Å². The molecule has 1 aliphatic carbocycles. The topological polar surface area (TPSA) is 90.0 Å². The zero-order valence-electron chi connectivity index (χ0n) is 19.3. The standard InChI is InChI=1S/C26H24F2N4O3/c1-14-21(31-35-30-14)13-32-15(2)22(19-10-5-11-20(28)23(19)26(32)34)25(33)29-24(16-6-3-7-16)17-8-4-9-18(27)12-17/h4-5,8-12,16,24H,3,6-7,13H2,1-2H3,(H,29,33)/t24-/m0/s1. The summed E-state index contributed by atoms with van der Waals surface area (Å²) in [6.07, 6.45) is 2.86. The lowest BCUT2D eigenvalue weighted by Gasteiger charge is -2.35. The molecule has 0 saturated heterocycles. The highest BCUT2D eigenvalue weighted by Gasteiger charge is 2.32. The number of carbonyl (C=O) groups excluding carboxylic acids is 1. The molecule has 2 heterocycles. The van der Waals surface area contributed by atoms with E-state index in [1.54, 1.807) is 32.0 Å². The Morgan fingerprint density at radius 3 is 2.60 bits per heavy atom. The lowest BCUT2D eigenvalue weighted by molar-refractivity contribution is 0.0900. The van der Waals surface area contributed by atoms with E-state index in [4.69, 9.17) is 4.63 Å². The van der Waals surface area contributed by atoms with Gasteiger partial charge in [0.15, 0.2) is 0 Å². The van der Waals surface area contributed by atoms with Gasteiger partial charge in [0.25, 0.3) is 11.5 Å². The zero-order chi connectivity index (χ0) is 24.7. The zero-order valence-corrected chi connectivity index (χ0v) is 19.3. The highest BCUT2D eigenvalue weighted by Crippen LogP contribution is 2.38. The predicted molar refractivity (Wildman–Crippen MR) is 125 cm³/mol. The molecular formula is C26H24F2N4O3. The van der Waals surface area contributed by atoms with Gasteiger partial charge in [-0.25, -0.2) is 13.4 Å². The third-order valence-electron chi connectivity index (χ3n) is 6.91. The molecule has 0 radical (unpaired) electrons. The van der Waals surface area contributed by atoms with E-state index in [0.29, 0.717) is 22.6 Å². The maximum Gasteiger partial charge on any atom is 0.262 e. The van der Waals surface area contributed by atoms with Crippen molar-refractivity contribution in [3.8, 4) is 0 Å². The smallest absolute Gasteiger partial charge is 0.262 e. The van der Waals surface area contributed by atoms with Gasteiger partial charge >= 0.3 is 0 Å². The summed E-state index contributed by atoms with van der Waals surface area (Å²) in [6.45, 7) is 3.30. The van der Waals surface area contributed by atoms with Crippen LogP contribution in [-0.2, 0) is 6.54 Å². The lowest BCUT2D eigenvalue weighted by atomic mass is 9.77. The molecule has 9 heteroatoms. The summed E-state index contributed by atoms with van der Waals surface area (Å²) in [6, 6.07) is 10.0. The molecule has 1 aliphatic rings. The monoisotopic (exact) mass is 478 g/mol. The van der Waals surface area contributed by atoms with Crippen LogP contribution in [0.15, 0.2) is 51.9 Å². The number of nitrogens with one attached hydrogen (secondary N) is 1. The van der Waals surface area contributed by atoms with Crippen LogP contribution in [0.1, 0.15) is 58.3 Å². The number of fused-ring (bicyclic) bond motifs is 1. The van der Waals surface area contributed by atoms with Crippen molar-refractivity contribution in [1.29, 1.82) is 0 Å². The van der Waals surface area contributed by atoms with Gasteiger partial charge in [0.2, 0.25) is 0 Å². The highest BCUT2D eigenvalue weighted by molar-refractivity contribution is 6.08. The second-order valence-electron chi connectivity index (χ2n) is 9.01. The average molecular weight is 478 g/mol. The summed E-state index contributed by atoms with van der Waals surface area (Å²) >= 11 is 0. The van der Waals surface area contributed by atoms with E-state index >= 15 is 0 Å². The molecule has 1 N–H and O–H groups in total. The van der Waals surface area contributed by atoms with Gasteiger partial charge in [-0.2, -0.15) is 0 Å². The molecule has 1 fully saturated rings. The first-order valence-electron chi connectivity index (χ1n) is 11.5. The fourth-order valence-corrected chi connectivity index (χ4v) is 4.75. The first-order valence-corrected chi connectivity index (χ1v) is 11.5. The van der Waals surface area contributed by atoms with Crippen molar-refractivity contribution < 1.29 is 18.2 Å². The number of pyridine rings is 1. The van der Waals surface area contributed by atoms with E-state index in [-0.39, 0.29) is 34.6 Å². The second-order valence-corrected chi connectivity index (χ2v) is 9.01. The van der Waals surface area contributed by atoms with Crippen LogP contribution in [0.4, 0.5) is 8.78 Å². The van der Waals surface area contributed by atoms with E-state index in [1.807, 2.05) is 0 Å². The van der Waals surface area contributed by atoms with Crippen LogP contribution in [-0.4, -0.2) is 20.8 Å². The molecule has 1 atom stereocenters. The maximum absolute atomic E-state index is 14.9. The summed E-state index contributed by atoms with van der Waals surface area (Å²) in [5.41, 5.74) is 1.55. The molecule has 2 aromatic carbocycles. The third kappa shape index (κ3) is 4.11. The largest absolute Gasteiger partial charge is 0.345 e. The number of aryl methyl sites for hydroxylation is 1. The number of hydrogen-bond acceptors (Lipinski definition) is 5.